The fourth-order valence-electron chi connectivity index (χ4n) is 3.70. The smallest absolute Gasteiger partial charge is 0.253 e. The maximum atomic E-state index is 12.9. The molecular formula is C21H21ClN8O2. The summed E-state index contributed by atoms with van der Waals surface area (Å²) >= 11 is 5.97. The number of ether oxygens (including phenoxy) is 1. The molecule has 2 atom stereocenters. The maximum Gasteiger partial charge on any atom is 0.253 e. The zero-order valence-electron chi connectivity index (χ0n) is 17.2. The Bertz CT molecular complexity index is 1080. The number of halogens is 1. The molecule has 1 aliphatic heterocycles. The first-order valence-corrected chi connectivity index (χ1v) is 10.5. The molecule has 0 bridgehead atoms. The van der Waals surface area contributed by atoms with Crippen molar-refractivity contribution in [1.29, 1.82) is 0 Å². The summed E-state index contributed by atoms with van der Waals surface area (Å²) in [4.78, 5) is 17.6. The summed E-state index contributed by atoms with van der Waals surface area (Å²) in [6.45, 7) is 1.86. The van der Waals surface area contributed by atoms with Crippen LogP contribution < -0.4 is 4.74 Å². The number of aromatic nitrogens is 4. The van der Waals surface area contributed by atoms with Gasteiger partial charge in [0.25, 0.3) is 5.91 Å². The van der Waals surface area contributed by atoms with Gasteiger partial charge >= 0.3 is 0 Å². The van der Waals surface area contributed by atoms with Gasteiger partial charge < -0.3 is 9.64 Å². The number of carbonyl (C=O) groups is 1. The van der Waals surface area contributed by atoms with E-state index in [1.54, 1.807) is 24.3 Å². The zero-order valence-corrected chi connectivity index (χ0v) is 17.9. The lowest BCUT2D eigenvalue weighted by Crippen LogP contribution is -2.28. The fourth-order valence-corrected chi connectivity index (χ4v) is 3.82. The van der Waals surface area contributed by atoms with Gasteiger partial charge in [-0.15, -0.1) is 5.10 Å². The molecule has 0 aliphatic carbocycles. The molecule has 3 aromatic rings. The molecule has 1 aromatic heterocycles. The van der Waals surface area contributed by atoms with Crippen LogP contribution in [0.25, 0.3) is 10.4 Å². The minimum absolute atomic E-state index is 0.00125. The predicted octanol–water partition coefficient (Wildman–Crippen LogP) is 3.71. The zero-order chi connectivity index (χ0) is 22.3. The first kappa shape index (κ1) is 21.6. The van der Waals surface area contributed by atoms with Crippen LogP contribution in [-0.4, -0.2) is 56.8 Å². The quantitative estimate of drug-likeness (QED) is 0.293. The summed E-state index contributed by atoms with van der Waals surface area (Å²) in [6, 6.07) is 14.3. The molecule has 1 fully saturated rings. The highest BCUT2D eigenvalue weighted by atomic mass is 35.5. The van der Waals surface area contributed by atoms with Crippen molar-refractivity contribution >= 4 is 17.5 Å². The molecule has 1 saturated heterocycles. The van der Waals surface area contributed by atoms with Crippen LogP contribution in [0, 0.1) is 0 Å². The summed E-state index contributed by atoms with van der Waals surface area (Å²) in [5.74, 6) is 0.896. The normalized spacial score (nSPS) is 16.4. The number of carbonyl (C=O) groups excluding carboxylic acids is 1. The summed E-state index contributed by atoms with van der Waals surface area (Å²) in [5.41, 5.74) is 10.6. The molecular weight excluding hydrogens is 432 g/mol. The minimum Gasteiger partial charge on any atom is -0.493 e. The van der Waals surface area contributed by atoms with E-state index in [0.29, 0.717) is 35.3 Å². The van der Waals surface area contributed by atoms with E-state index in [0.717, 1.165) is 13.0 Å². The maximum absolute atomic E-state index is 12.9. The lowest BCUT2D eigenvalue weighted by Gasteiger charge is -2.17. The van der Waals surface area contributed by atoms with Crippen LogP contribution in [-0.2, 0) is 6.54 Å². The van der Waals surface area contributed by atoms with Crippen LogP contribution in [0.1, 0.15) is 28.3 Å². The van der Waals surface area contributed by atoms with E-state index in [9.17, 15) is 4.79 Å². The second-order valence-corrected chi connectivity index (χ2v) is 7.95. The lowest BCUT2D eigenvalue weighted by atomic mass is 9.99. The summed E-state index contributed by atoms with van der Waals surface area (Å²) < 4.78 is 7.20. The van der Waals surface area contributed by atoms with E-state index in [2.05, 4.69) is 25.6 Å². The first-order chi connectivity index (χ1) is 15.6. The van der Waals surface area contributed by atoms with Crippen molar-refractivity contribution < 1.29 is 9.53 Å². The topological polar surface area (TPSA) is 122 Å². The summed E-state index contributed by atoms with van der Waals surface area (Å²) in [7, 11) is 0. The Morgan fingerprint density at radius 3 is 2.72 bits per heavy atom. The van der Waals surface area contributed by atoms with Crippen molar-refractivity contribution in [3.63, 3.8) is 0 Å². The van der Waals surface area contributed by atoms with E-state index in [1.165, 1.54) is 16.6 Å². The molecule has 164 valence electrons. The van der Waals surface area contributed by atoms with E-state index < -0.39 is 6.04 Å². The third-order valence-electron chi connectivity index (χ3n) is 5.36. The average molecular weight is 453 g/mol. The number of hydrogen-bond donors (Lipinski definition) is 0. The molecule has 32 heavy (non-hydrogen) atoms. The van der Waals surface area contributed by atoms with E-state index in [-0.39, 0.29) is 12.5 Å². The Labute approximate surface area is 189 Å². The third kappa shape index (κ3) is 5.35. The van der Waals surface area contributed by atoms with Crippen LogP contribution in [0.5, 0.6) is 5.75 Å². The van der Waals surface area contributed by atoms with Gasteiger partial charge in [0.15, 0.2) is 0 Å². The van der Waals surface area contributed by atoms with Crippen molar-refractivity contribution in [3.8, 4) is 5.75 Å². The second kappa shape index (κ2) is 10.1. The Hall–Kier alpha value is -3.62. The molecule has 11 heteroatoms. The molecule has 0 unspecified atom stereocenters. The van der Waals surface area contributed by atoms with Crippen LogP contribution in [0.15, 0.2) is 60.0 Å². The molecule has 4 rings (SSSR count). The number of nitrogens with zero attached hydrogens (tertiary/aromatic N) is 8. The van der Waals surface area contributed by atoms with E-state index >= 15 is 0 Å². The largest absolute Gasteiger partial charge is 0.493 e. The molecule has 0 radical (unpaired) electrons. The minimum atomic E-state index is -0.473. The predicted molar refractivity (Wildman–Crippen MR) is 117 cm³/mol. The van der Waals surface area contributed by atoms with Gasteiger partial charge in [0.2, 0.25) is 0 Å². The van der Waals surface area contributed by atoms with Crippen LogP contribution >= 0.6 is 11.6 Å². The molecule has 0 N–H and O–H groups in total. The Kier molecular flexibility index (Phi) is 6.84. The third-order valence-corrected chi connectivity index (χ3v) is 5.62. The van der Waals surface area contributed by atoms with E-state index in [4.69, 9.17) is 21.9 Å². The van der Waals surface area contributed by atoms with Crippen LogP contribution in [0.2, 0.25) is 5.02 Å². The standard InChI is InChI=1S/C21H21ClN8O2/c22-18-5-1-15(2-6-18)17-9-10-29(11-17)21(31)16-3-7-20(8-4-16)32-13-19(25-26-23)12-30-14-24-27-28-30/h1-8,14,17,19H,9-13H2/t17-,19+/m0/s1. The highest BCUT2D eigenvalue weighted by Crippen LogP contribution is 2.29. The van der Waals surface area contributed by atoms with Gasteiger partial charge in [-0.3, -0.25) is 4.79 Å². The highest BCUT2D eigenvalue weighted by Gasteiger charge is 2.28. The summed E-state index contributed by atoms with van der Waals surface area (Å²) in [5, 5.41) is 15.3. The molecule has 2 heterocycles. The van der Waals surface area contributed by atoms with Gasteiger partial charge in [-0.25, -0.2) is 4.68 Å². The Balaban J connectivity index is 1.32. The second-order valence-electron chi connectivity index (χ2n) is 7.51. The summed E-state index contributed by atoms with van der Waals surface area (Å²) in [6.07, 6.45) is 2.37. The van der Waals surface area contributed by atoms with Crippen molar-refractivity contribution in [3.05, 3.63) is 81.5 Å². The molecule has 0 spiro atoms. The first-order valence-electron chi connectivity index (χ1n) is 10.1. The van der Waals surface area contributed by atoms with Crippen molar-refractivity contribution in [2.45, 2.75) is 24.9 Å². The van der Waals surface area contributed by atoms with Crippen LogP contribution in [0.4, 0.5) is 0 Å². The van der Waals surface area contributed by atoms with Gasteiger partial charge in [-0.05, 0) is 64.3 Å². The number of hydrogen-bond acceptors (Lipinski definition) is 6. The van der Waals surface area contributed by atoms with E-state index in [1.807, 2.05) is 29.2 Å². The monoisotopic (exact) mass is 452 g/mol. The number of amides is 1. The molecule has 2 aromatic carbocycles. The molecule has 1 aliphatic rings. The van der Waals surface area contributed by atoms with Gasteiger partial charge in [0.05, 0.1) is 19.2 Å². The molecule has 0 saturated carbocycles. The van der Waals surface area contributed by atoms with Crippen molar-refractivity contribution in [2.24, 2.45) is 5.11 Å². The highest BCUT2D eigenvalue weighted by molar-refractivity contribution is 6.30. The number of rotatable bonds is 8. The number of benzene rings is 2. The fraction of sp³-hybridized carbons (Fsp3) is 0.333. The molecule has 10 nitrogen and oxygen atoms in total. The van der Waals surface area contributed by atoms with Crippen molar-refractivity contribution in [1.82, 2.24) is 25.1 Å². The van der Waals surface area contributed by atoms with Crippen LogP contribution in [0.3, 0.4) is 0 Å². The molecule has 1 amide bonds. The van der Waals surface area contributed by atoms with Gasteiger partial charge in [-0.1, -0.05) is 28.8 Å². The average Bonchev–Trinajstić information content (AvgIpc) is 3.50. The van der Waals surface area contributed by atoms with Gasteiger partial charge in [-0.2, -0.15) is 0 Å². The van der Waals surface area contributed by atoms with Gasteiger partial charge in [0.1, 0.15) is 12.1 Å². The Morgan fingerprint density at radius 1 is 1.25 bits per heavy atom. The van der Waals surface area contributed by atoms with Crippen molar-refractivity contribution in [2.75, 3.05) is 19.7 Å². The van der Waals surface area contributed by atoms with Gasteiger partial charge in [0, 0.05) is 34.5 Å². The number of azide groups is 1. The SMILES string of the molecule is [N-]=[N+]=N[C@@H](COc1ccc(C(=O)N2CC[C@H](c3ccc(Cl)cc3)C2)cc1)Cn1cnnn1. The Morgan fingerprint density at radius 2 is 2.03 bits per heavy atom. The number of likely N-dealkylation sites (tertiary alicyclic amines) is 1. The lowest BCUT2D eigenvalue weighted by molar-refractivity contribution is 0.0790. The number of tetrazole rings is 1.